The lowest BCUT2D eigenvalue weighted by atomic mass is 10.2. The second-order valence-electron chi connectivity index (χ2n) is 5.59. The van der Waals surface area contributed by atoms with Crippen LogP contribution in [0.2, 0.25) is 5.02 Å². The lowest BCUT2D eigenvalue weighted by Crippen LogP contribution is -2.25. The maximum Gasteiger partial charge on any atom is 0.309 e. The third-order valence-electron chi connectivity index (χ3n) is 3.70. The quantitative estimate of drug-likeness (QED) is 0.513. The van der Waals surface area contributed by atoms with Crippen LogP contribution >= 0.6 is 11.6 Å². The molecule has 0 unspecified atom stereocenters. The summed E-state index contributed by atoms with van der Waals surface area (Å²) in [6.07, 6.45) is 1.62. The fraction of sp³-hybridized carbons (Fsp3) is 0.118. The highest BCUT2D eigenvalue weighted by atomic mass is 35.5. The molecule has 0 saturated carbocycles. The summed E-state index contributed by atoms with van der Waals surface area (Å²) in [4.78, 5) is 28.4. The number of rotatable bonds is 3. The number of carbonyl (C=O) groups is 1. The molecule has 0 bridgehead atoms. The van der Waals surface area contributed by atoms with Gasteiger partial charge < -0.3 is 4.74 Å². The summed E-state index contributed by atoms with van der Waals surface area (Å²) >= 11 is 5.94. The fourth-order valence-corrected chi connectivity index (χ4v) is 2.78. The third kappa shape index (κ3) is 2.91. The molecule has 9 heteroatoms. The van der Waals surface area contributed by atoms with E-state index < -0.39 is 5.97 Å². The van der Waals surface area contributed by atoms with E-state index in [1.54, 1.807) is 42.6 Å². The SMILES string of the molecule is CC(=O)Oc1nn(Cc2nc3ccc(Cl)cn3n2)c(=O)c2ccccc12. The molecule has 0 saturated heterocycles. The van der Waals surface area contributed by atoms with Crippen molar-refractivity contribution in [3.05, 3.63) is 63.8 Å². The smallest absolute Gasteiger partial charge is 0.309 e. The number of esters is 1. The van der Waals surface area contributed by atoms with Crippen molar-refractivity contribution < 1.29 is 9.53 Å². The van der Waals surface area contributed by atoms with Crippen LogP contribution in [-0.4, -0.2) is 30.3 Å². The number of carbonyl (C=O) groups excluding carboxylic acids is 1. The number of ether oxygens (including phenoxy) is 1. The molecule has 0 aliphatic heterocycles. The lowest BCUT2D eigenvalue weighted by Gasteiger charge is -2.08. The first kappa shape index (κ1) is 16.2. The Morgan fingerprint density at radius 2 is 1.92 bits per heavy atom. The molecule has 0 fully saturated rings. The van der Waals surface area contributed by atoms with Crippen molar-refractivity contribution in [3.8, 4) is 5.88 Å². The summed E-state index contributed by atoms with van der Waals surface area (Å²) in [6, 6.07) is 10.2. The van der Waals surface area contributed by atoms with Crippen molar-refractivity contribution in [2.45, 2.75) is 13.5 Å². The van der Waals surface area contributed by atoms with Gasteiger partial charge in [0.2, 0.25) is 5.88 Å². The molecule has 0 aliphatic rings. The van der Waals surface area contributed by atoms with Crippen LogP contribution in [0.25, 0.3) is 16.4 Å². The highest BCUT2D eigenvalue weighted by molar-refractivity contribution is 6.30. The topological polar surface area (TPSA) is 91.4 Å². The van der Waals surface area contributed by atoms with Crippen LogP contribution in [0.15, 0.2) is 47.4 Å². The van der Waals surface area contributed by atoms with Crippen LogP contribution in [0.1, 0.15) is 12.7 Å². The van der Waals surface area contributed by atoms with E-state index in [-0.39, 0.29) is 18.0 Å². The number of hydrogen-bond acceptors (Lipinski definition) is 6. The molecule has 0 spiro atoms. The number of aromatic nitrogens is 5. The maximum atomic E-state index is 12.7. The molecule has 4 aromatic rings. The predicted molar refractivity (Wildman–Crippen MR) is 94.4 cm³/mol. The molecule has 0 radical (unpaired) electrons. The van der Waals surface area contributed by atoms with E-state index in [1.165, 1.54) is 16.1 Å². The Morgan fingerprint density at radius 3 is 2.69 bits per heavy atom. The van der Waals surface area contributed by atoms with Gasteiger partial charge in [-0.15, -0.1) is 10.2 Å². The van der Waals surface area contributed by atoms with Crippen LogP contribution in [0.4, 0.5) is 0 Å². The van der Waals surface area contributed by atoms with E-state index >= 15 is 0 Å². The van der Waals surface area contributed by atoms with Gasteiger partial charge in [-0.2, -0.15) is 0 Å². The van der Waals surface area contributed by atoms with Gasteiger partial charge in [-0.05, 0) is 24.3 Å². The van der Waals surface area contributed by atoms with Crippen molar-refractivity contribution in [2.75, 3.05) is 0 Å². The first-order valence-corrected chi connectivity index (χ1v) is 8.08. The van der Waals surface area contributed by atoms with Gasteiger partial charge in [0.1, 0.15) is 6.54 Å². The molecule has 3 aromatic heterocycles. The first-order chi connectivity index (χ1) is 12.5. The minimum atomic E-state index is -0.520. The second-order valence-corrected chi connectivity index (χ2v) is 6.02. The van der Waals surface area contributed by atoms with Gasteiger partial charge in [0.05, 0.1) is 15.8 Å². The molecule has 1 aromatic carbocycles. The summed E-state index contributed by atoms with van der Waals surface area (Å²) in [6.45, 7) is 1.30. The van der Waals surface area contributed by atoms with E-state index in [2.05, 4.69) is 15.2 Å². The van der Waals surface area contributed by atoms with Crippen LogP contribution < -0.4 is 10.3 Å². The third-order valence-corrected chi connectivity index (χ3v) is 3.93. The standard InChI is InChI=1S/C17H12ClN5O3/c1-10(24)26-16-12-4-2-3-5-13(12)17(25)23(21-16)9-14-19-15-7-6-11(18)8-22(15)20-14/h2-8H,9H2,1H3. The van der Waals surface area contributed by atoms with Crippen LogP contribution in [0, 0.1) is 0 Å². The van der Waals surface area contributed by atoms with Gasteiger partial charge in [-0.25, -0.2) is 14.2 Å². The molecule has 4 rings (SSSR count). The summed E-state index contributed by atoms with van der Waals surface area (Å²) in [7, 11) is 0. The number of fused-ring (bicyclic) bond motifs is 2. The number of hydrogen-bond donors (Lipinski definition) is 0. The lowest BCUT2D eigenvalue weighted by molar-refractivity contribution is -0.132. The molecule has 130 valence electrons. The Kier molecular flexibility index (Phi) is 3.89. The van der Waals surface area contributed by atoms with Crippen LogP contribution in [0.5, 0.6) is 5.88 Å². The molecule has 26 heavy (non-hydrogen) atoms. The van der Waals surface area contributed by atoms with E-state index in [9.17, 15) is 9.59 Å². The molecule has 0 aliphatic carbocycles. The van der Waals surface area contributed by atoms with Crippen molar-refractivity contribution in [2.24, 2.45) is 0 Å². The number of nitrogens with zero attached hydrogens (tertiary/aromatic N) is 5. The van der Waals surface area contributed by atoms with Gasteiger partial charge in [0.25, 0.3) is 5.56 Å². The molecule has 0 N–H and O–H groups in total. The van der Waals surface area contributed by atoms with E-state index in [1.807, 2.05) is 0 Å². The number of pyridine rings is 1. The average Bonchev–Trinajstić information content (AvgIpc) is 3.00. The van der Waals surface area contributed by atoms with Crippen molar-refractivity contribution in [1.29, 1.82) is 0 Å². The van der Waals surface area contributed by atoms with E-state index in [4.69, 9.17) is 16.3 Å². The van der Waals surface area contributed by atoms with Gasteiger partial charge in [-0.3, -0.25) is 9.59 Å². The summed E-state index contributed by atoms with van der Waals surface area (Å²) in [5.41, 5.74) is 0.270. The minimum absolute atomic E-state index is 0.0250. The van der Waals surface area contributed by atoms with Gasteiger partial charge in [-0.1, -0.05) is 23.7 Å². The molecular formula is C17H12ClN5O3. The Morgan fingerprint density at radius 1 is 1.15 bits per heavy atom. The summed E-state index contributed by atoms with van der Waals surface area (Å²) in [5.74, 6) is -0.0706. The summed E-state index contributed by atoms with van der Waals surface area (Å²) < 4.78 is 7.86. The van der Waals surface area contributed by atoms with E-state index in [0.29, 0.717) is 27.3 Å². The first-order valence-electron chi connectivity index (χ1n) is 7.70. The fourth-order valence-electron chi connectivity index (χ4n) is 2.63. The molecule has 0 amide bonds. The van der Waals surface area contributed by atoms with Crippen molar-refractivity contribution in [1.82, 2.24) is 24.4 Å². The van der Waals surface area contributed by atoms with Crippen LogP contribution in [-0.2, 0) is 11.3 Å². The molecular weight excluding hydrogens is 358 g/mol. The zero-order valence-electron chi connectivity index (χ0n) is 13.6. The number of halogens is 1. The molecule has 0 atom stereocenters. The highest BCUT2D eigenvalue weighted by Crippen LogP contribution is 2.20. The second kappa shape index (κ2) is 6.23. The maximum absolute atomic E-state index is 12.7. The largest absolute Gasteiger partial charge is 0.405 e. The predicted octanol–water partition coefficient (Wildman–Crippen LogP) is 2.07. The Bertz CT molecular complexity index is 1210. The minimum Gasteiger partial charge on any atom is -0.405 e. The Balaban J connectivity index is 1.83. The normalized spacial score (nSPS) is 11.2. The van der Waals surface area contributed by atoms with Crippen LogP contribution in [0.3, 0.4) is 0 Å². The van der Waals surface area contributed by atoms with Gasteiger partial charge >= 0.3 is 5.97 Å². The molecule has 8 nitrogen and oxygen atoms in total. The van der Waals surface area contributed by atoms with E-state index in [0.717, 1.165) is 0 Å². The Hall–Kier alpha value is -3.26. The highest BCUT2D eigenvalue weighted by Gasteiger charge is 2.15. The number of benzene rings is 1. The average molecular weight is 370 g/mol. The van der Waals surface area contributed by atoms with Gasteiger partial charge in [0.15, 0.2) is 11.5 Å². The van der Waals surface area contributed by atoms with Gasteiger partial charge in [0, 0.05) is 13.1 Å². The molecule has 3 heterocycles. The Labute approximate surface area is 151 Å². The van der Waals surface area contributed by atoms with Crippen molar-refractivity contribution >= 4 is 34.0 Å². The zero-order chi connectivity index (χ0) is 18.3. The zero-order valence-corrected chi connectivity index (χ0v) is 14.3. The van der Waals surface area contributed by atoms with Crippen molar-refractivity contribution in [3.63, 3.8) is 0 Å². The summed E-state index contributed by atoms with van der Waals surface area (Å²) in [5, 5.41) is 9.85. The monoisotopic (exact) mass is 369 g/mol.